The standard InChI is InChI=1S/C21H18F3O3S/c1-25-15-26-20-14-18(12-13-19(20)27-21(22,23)24)28(16-8-4-2-5-9-16)17-10-6-3-7-11-17/h2-14H,15H2,1H3/q+1. The van der Waals surface area contributed by atoms with Crippen LogP contribution in [0.25, 0.3) is 0 Å². The Balaban J connectivity index is 2.07. The summed E-state index contributed by atoms with van der Waals surface area (Å²) in [6, 6.07) is 24.0. The maximum absolute atomic E-state index is 12.7. The number of ether oxygens (including phenoxy) is 3. The first kappa shape index (κ1) is 20.1. The van der Waals surface area contributed by atoms with E-state index >= 15 is 0 Å². The lowest BCUT2D eigenvalue weighted by Gasteiger charge is -2.15. The van der Waals surface area contributed by atoms with Gasteiger partial charge in [0, 0.05) is 13.2 Å². The molecular formula is C21H18F3O3S+. The van der Waals surface area contributed by atoms with E-state index in [1.165, 1.54) is 13.2 Å². The quantitative estimate of drug-likeness (QED) is 0.373. The zero-order valence-electron chi connectivity index (χ0n) is 15.0. The van der Waals surface area contributed by atoms with Crippen LogP contribution in [0.5, 0.6) is 11.5 Å². The average molecular weight is 407 g/mol. The van der Waals surface area contributed by atoms with Gasteiger partial charge in [-0.1, -0.05) is 36.4 Å². The van der Waals surface area contributed by atoms with Crippen molar-refractivity contribution in [3.8, 4) is 11.5 Å². The Morgan fingerprint density at radius 1 is 0.750 bits per heavy atom. The summed E-state index contributed by atoms with van der Waals surface area (Å²) in [6.07, 6.45) is -4.81. The lowest BCUT2D eigenvalue weighted by Crippen LogP contribution is -2.18. The number of alkyl halides is 3. The predicted molar refractivity (Wildman–Crippen MR) is 101 cm³/mol. The van der Waals surface area contributed by atoms with Crippen molar-refractivity contribution in [1.82, 2.24) is 0 Å². The minimum atomic E-state index is -4.81. The van der Waals surface area contributed by atoms with E-state index in [-0.39, 0.29) is 12.5 Å². The molecule has 0 aliphatic carbocycles. The Morgan fingerprint density at radius 2 is 1.32 bits per heavy atom. The molecule has 7 heteroatoms. The van der Waals surface area contributed by atoms with E-state index < -0.39 is 23.0 Å². The molecule has 3 aromatic rings. The SMILES string of the molecule is COCOc1cc([S+](c2ccccc2)c2ccccc2)ccc1OC(F)(F)F. The van der Waals surface area contributed by atoms with Gasteiger partial charge in [0.05, 0.1) is 10.9 Å². The highest BCUT2D eigenvalue weighted by atomic mass is 32.2. The normalized spacial score (nSPS) is 11.5. The molecule has 3 nitrogen and oxygen atoms in total. The number of halogens is 3. The van der Waals surface area contributed by atoms with E-state index in [0.29, 0.717) is 0 Å². The Labute approximate surface area is 164 Å². The van der Waals surface area contributed by atoms with Gasteiger partial charge < -0.3 is 14.2 Å². The third-order valence-electron chi connectivity index (χ3n) is 3.67. The van der Waals surface area contributed by atoms with Gasteiger partial charge in [-0.25, -0.2) is 0 Å². The molecule has 0 heterocycles. The number of rotatable bonds is 7. The number of methoxy groups -OCH3 is 1. The van der Waals surface area contributed by atoms with Crippen LogP contribution < -0.4 is 9.47 Å². The Bertz CT molecular complexity index is 847. The van der Waals surface area contributed by atoms with Crippen LogP contribution in [0, 0.1) is 0 Å². The fraction of sp³-hybridized carbons (Fsp3) is 0.143. The molecule has 0 aliphatic rings. The summed E-state index contributed by atoms with van der Waals surface area (Å²) in [5, 5.41) is 0. The van der Waals surface area contributed by atoms with Crippen molar-refractivity contribution in [2.75, 3.05) is 13.9 Å². The van der Waals surface area contributed by atoms with E-state index in [4.69, 9.17) is 9.47 Å². The van der Waals surface area contributed by atoms with Gasteiger partial charge in [0.2, 0.25) is 0 Å². The third-order valence-corrected chi connectivity index (χ3v) is 5.88. The van der Waals surface area contributed by atoms with E-state index in [1.807, 2.05) is 60.7 Å². The molecule has 0 aromatic heterocycles. The number of benzene rings is 3. The average Bonchev–Trinajstić information content (AvgIpc) is 2.69. The lowest BCUT2D eigenvalue weighted by molar-refractivity contribution is -0.275. The van der Waals surface area contributed by atoms with Crippen LogP contribution >= 0.6 is 0 Å². The van der Waals surface area contributed by atoms with Gasteiger partial charge in [0.15, 0.2) is 33.0 Å². The summed E-state index contributed by atoms with van der Waals surface area (Å²) in [6.45, 7) is -0.192. The van der Waals surface area contributed by atoms with E-state index in [9.17, 15) is 13.2 Å². The molecule has 0 N–H and O–H groups in total. The summed E-state index contributed by atoms with van der Waals surface area (Å²) >= 11 is 0. The number of hydrogen-bond donors (Lipinski definition) is 0. The van der Waals surface area contributed by atoms with E-state index in [0.717, 1.165) is 14.7 Å². The van der Waals surface area contributed by atoms with Crippen molar-refractivity contribution in [2.24, 2.45) is 0 Å². The van der Waals surface area contributed by atoms with Crippen LogP contribution in [-0.4, -0.2) is 20.3 Å². The molecule has 0 saturated heterocycles. The molecule has 0 spiro atoms. The highest BCUT2D eigenvalue weighted by Gasteiger charge is 2.34. The molecule has 3 rings (SSSR count). The second-order valence-corrected chi connectivity index (χ2v) is 7.67. The minimum absolute atomic E-state index is 0.0268. The highest BCUT2D eigenvalue weighted by molar-refractivity contribution is 7.97. The monoisotopic (exact) mass is 407 g/mol. The highest BCUT2D eigenvalue weighted by Crippen LogP contribution is 2.38. The second-order valence-electron chi connectivity index (χ2n) is 5.64. The Kier molecular flexibility index (Phi) is 6.49. The van der Waals surface area contributed by atoms with Crippen LogP contribution in [0.3, 0.4) is 0 Å². The lowest BCUT2D eigenvalue weighted by atomic mass is 10.3. The summed E-state index contributed by atoms with van der Waals surface area (Å²) in [5.41, 5.74) is 0. The van der Waals surface area contributed by atoms with Gasteiger partial charge >= 0.3 is 6.36 Å². The van der Waals surface area contributed by atoms with Gasteiger partial charge in [0.1, 0.15) is 0 Å². The summed E-state index contributed by atoms with van der Waals surface area (Å²) < 4.78 is 52.5. The molecule has 0 aliphatic heterocycles. The summed E-state index contributed by atoms with van der Waals surface area (Å²) in [5.74, 6) is -0.431. The predicted octanol–water partition coefficient (Wildman–Crippen LogP) is 5.66. The fourth-order valence-electron chi connectivity index (χ4n) is 2.58. The third kappa shape index (κ3) is 5.21. The van der Waals surface area contributed by atoms with Gasteiger partial charge in [-0.2, -0.15) is 0 Å². The molecule has 3 aromatic carbocycles. The van der Waals surface area contributed by atoms with Crippen LogP contribution in [-0.2, 0) is 15.6 Å². The summed E-state index contributed by atoms with van der Waals surface area (Å²) in [7, 11) is 0.876. The first-order chi connectivity index (χ1) is 13.5. The smallest absolute Gasteiger partial charge is 0.463 e. The van der Waals surface area contributed by atoms with Crippen LogP contribution in [0.4, 0.5) is 13.2 Å². The van der Waals surface area contributed by atoms with Gasteiger partial charge in [-0.15, -0.1) is 13.2 Å². The molecule has 0 atom stereocenters. The van der Waals surface area contributed by atoms with Crippen molar-refractivity contribution in [3.63, 3.8) is 0 Å². The zero-order chi connectivity index (χ0) is 20.0. The molecule has 0 unspecified atom stereocenters. The van der Waals surface area contributed by atoms with Crippen molar-refractivity contribution in [3.05, 3.63) is 78.9 Å². The molecule has 0 amide bonds. The van der Waals surface area contributed by atoms with Crippen LogP contribution in [0.1, 0.15) is 0 Å². The fourth-order valence-corrected chi connectivity index (χ4v) is 4.69. The number of hydrogen-bond acceptors (Lipinski definition) is 3. The van der Waals surface area contributed by atoms with E-state index in [2.05, 4.69) is 4.74 Å². The molecule has 0 fully saturated rings. The first-order valence-corrected chi connectivity index (χ1v) is 9.56. The van der Waals surface area contributed by atoms with Crippen molar-refractivity contribution >= 4 is 10.9 Å². The zero-order valence-corrected chi connectivity index (χ0v) is 15.8. The van der Waals surface area contributed by atoms with E-state index in [1.54, 1.807) is 12.1 Å². The van der Waals surface area contributed by atoms with Gasteiger partial charge in [-0.3, -0.25) is 0 Å². The second kappa shape index (κ2) is 9.03. The first-order valence-electron chi connectivity index (χ1n) is 8.34. The topological polar surface area (TPSA) is 27.7 Å². The van der Waals surface area contributed by atoms with Crippen molar-refractivity contribution in [2.45, 2.75) is 21.0 Å². The van der Waals surface area contributed by atoms with Crippen LogP contribution in [0.15, 0.2) is 93.5 Å². The molecule has 0 radical (unpaired) electrons. The minimum Gasteiger partial charge on any atom is -0.463 e. The van der Waals surface area contributed by atoms with Gasteiger partial charge in [0.25, 0.3) is 0 Å². The maximum atomic E-state index is 12.7. The van der Waals surface area contributed by atoms with Crippen molar-refractivity contribution < 1.29 is 27.4 Å². The van der Waals surface area contributed by atoms with Crippen molar-refractivity contribution in [1.29, 1.82) is 0 Å². The largest absolute Gasteiger partial charge is 0.573 e. The molecule has 0 bridgehead atoms. The molecule has 0 saturated carbocycles. The Hall–Kier alpha value is -2.64. The van der Waals surface area contributed by atoms with Gasteiger partial charge in [-0.05, 0) is 36.4 Å². The van der Waals surface area contributed by atoms with Crippen LogP contribution in [0.2, 0.25) is 0 Å². The summed E-state index contributed by atoms with van der Waals surface area (Å²) in [4.78, 5) is 2.88. The molecule has 146 valence electrons. The maximum Gasteiger partial charge on any atom is 0.573 e. The Morgan fingerprint density at radius 3 is 1.82 bits per heavy atom. The molecular weight excluding hydrogens is 389 g/mol. The molecule has 28 heavy (non-hydrogen) atoms.